The predicted molar refractivity (Wildman–Crippen MR) is 73.9 cm³/mol. The second-order valence-corrected chi connectivity index (χ2v) is 4.78. The maximum atomic E-state index is 12.5. The Bertz CT molecular complexity index is 704. The van der Waals surface area contributed by atoms with Gasteiger partial charge in [0.25, 0.3) is 5.78 Å². The van der Waals surface area contributed by atoms with Crippen LogP contribution in [0.4, 0.5) is 13.2 Å². The second kappa shape index (κ2) is 6.21. The number of ketones is 1. The third kappa shape index (κ3) is 3.29. The Kier molecular flexibility index (Phi) is 4.54. The van der Waals surface area contributed by atoms with Gasteiger partial charge in [-0.25, -0.2) is 4.79 Å². The number of rotatable bonds is 5. The number of aromatic nitrogens is 1. The molecule has 1 aromatic carbocycles. The summed E-state index contributed by atoms with van der Waals surface area (Å²) in [7, 11) is 0. The standard InChI is InChI=1S/C15H14F3NO3/c1-2-3-6-22-14(21)9-4-5-10-11(8-19-12(10)7-9)13(20)15(16,17)18/h4-5,7-8,19H,2-3,6H2,1H3. The number of fused-ring (bicyclic) bond motifs is 1. The number of hydrogen-bond acceptors (Lipinski definition) is 3. The molecule has 0 amide bonds. The molecule has 7 heteroatoms. The van der Waals surface area contributed by atoms with Crippen LogP contribution in [0, 0.1) is 0 Å². The number of benzene rings is 1. The summed E-state index contributed by atoms with van der Waals surface area (Å²) in [5.74, 6) is -2.47. The molecule has 1 heterocycles. The normalized spacial score (nSPS) is 11.6. The van der Waals surface area contributed by atoms with E-state index in [0.29, 0.717) is 0 Å². The van der Waals surface area contributed by atoms with Crippen molar-refractivity contribution in [3.05, 3.63) is 35.5 Å². The van der Waals surface area contributed by atoms with Crippen molar-refractivity contribution in [1.29, 1.82) is 0 Å². The van der Waals surface area contributed by atoms with E-state index in [0.717, 1.165) is 19.0 Å². The number of unbranched alkanes of at least 4 members (excludes halogenated alkanes) is 1. The summed E-state index contributed by atoms with van der Waals surface area (Å²) in [6.45, 7) is 2.24. The highest BCUT2D eigenvalue weighted by Gasteiger charge is 2.40. The van der Waals surface area contributed by atoms with Crippen molar-refractivity contribution in [2.75, 3.05) is 6.61 Å². The third-order valence-electron chi connectivity index (χ3n) is 3.15. The Morgan fingerprint density at radius 3 is 2.64 bits per heavy atom. The van der Waals surface area contributed by atoms with Crippen LogP contribution in [0.25, 0.3) is 10.9 Å². The van der Waals surface area contributed by atoms with Gasteiger partial charge in [-0.1, -0.05) is 19.4 Å². The number of aromatic amines is 1. The Morgan fingerprint density at radius 1 is 1.27 bits per heavy atom. The minimum atomic E-state index is -4.94. The highest BCUT2D eigenvalue weighted by molar-refractivity contribution is 6.11. The molecular weight excluding hydrogens is 299 g/mol. The number of Topliss-reactive ketones (excluding diaryl/α,β-unsaturated/α-hetero) is 1. The summed E-state index contributed by atoms with van der Waals surface area (Å²) >= 11 is 0. The molecule has 1 N–H and O–H groups in total. The van der Waals surface area contributed by atoms with Crippen LogP contribution >= 0.6 is 0 Å². The van der Waals surface area contributed by atoms with Gasteiger partial charge >= 0.3 is 12.1 Å². The Labute approximate surface area is 124 Å². The smallest absolute Gasteiger partial charge is 0.454 e. The molecule has 2 aromatic rings. The van der Waals surface area contributed by atoms with Gasteiger partial charge in [-0.05, 0) is 18.6 Å². The van der Waals surface area contributed by atoms with Gasteiger partial charge in [0.05, 0.1) is 17.7 Å². The lowest BCUT2D eigenvalue weighted by atomic mass is 10.1. The summed E-state index contributed by atoms with van der Waals surface area (Å²) in [5.41, 5.74) is 0.0300. The molecule has 118 valence electrons. The average molecular weight is 313 g/mol. The van der Waals surface area contributed by atoms with Crippen LogP contribution < -0.4 is 0 Å². The molecule has 0 radical (unpaired) electrons. The Morgan fingerprint density at radius 2 is 2.00 bits per heavy atom. The molecule has 0 bridgehead atoms. The van der Waals surface area contributed by atoms with Gasteiger partial charge in [0.2, 0.25) is 0 Å². The number of H-pyrrole nitrogens is 1. The van der Waals surface area contributed by atoms with Crippen molar-refractivity contribution in [3.63, 3.8) is 0 Å². The minimum absolute atomic E-state index is 0.118. The van der Waals surface area contributed by atoms with Gasteiger partial charge in [-0.2, -0.15) is 13.2 Å². The largest absolute Gasteiger partial charge is 0.462 e. The average Bonchev–Trinajstić information content (AvgIpc) is 2.88. The zero-order valence-corrected chi connectivity index (χ0v) is 11.8. The van der Waals surface area contributed by atoms with Crippen LogP contribution in [0.15, 0.2) is 24.4 Å². The molecule has 0 aliphatic rings. The van der Waals surface area contributed by atoms with E-state index in [1.54, 1.807) is 0 Å². The number of carbonyl (C=O) groups excluding carboxylic acids is 2. The molecule has 22 heavy (non-hydrogen) atoms. The minimum Gasteiger partial charge on any atom is -0.462 e. The fourth-order valence-electron chi connectivity index (χ4n) is 1.99. The van der Waals surface area contributed by atoms with Crippen molar-refractivity contribution in [1.82, 2.24) is 4.98 Å². The van der Waals surface area contributed by atoms with E-state index in [1.807, 2.05) is 6.92 Å². The van der Waals surface area contributed by atoms with Gasteiger partial charge < -0.3 is 9.72 Å². The van der Waals surface area contributed by atoms with Crippen LogP contribution in [-0.2, 0) is 4.74 Å². The number of esters is 1. The lowest BCUT2D eigenvalue weighted by molar-refractivity contribution is -0.0884. The maximum absolute atomic E-state index is 12.5. The zero-order valence-electron chi connectivity index (χ0n) is 11.8. The van der Waals surface area contributed by atoms with Gasteiger partial charge in [0.15, 0.2) is 0 Å². The van der Waals surface area contributed by atoms with Gasteiger partial charge in [0.1, 0.15) is 0 Å². The summed E-state index contributed by atoms with van der Waals surface area (Å²) in [6, 6.07) is 4.02. The summed E-state index contributed by atoms with van der Waals surface area (Å²) in [5, 5.41) is 0.118. The topological polar surface area (TPSA) is 59.2 Å². The second-order valence-electron chi connectivity index (χ2n) is 4.78. The monoisotopic (exact) mass is 313 g/mol. The molecule has 0 saturated carbocycles. The van der Waals surface area contributed by atoms with Gasteiger partial charge in [-0.15, -0.1) is 0 Å². The van der Waals surface area contributed by atoms with E-state index < -0.39 is 23.5 Å². The van der Waals surface area contributed by atoms with Gasteiger partial charge in [-0.3, -0.25) is 4.79 Å². The first-order valence-electron chi connectivity index (χ1n) is 6.74. The summed E-state index contributed by atoms with van der Waals surface area (Å²) in [4.78, 5) is 25.7. The van der Waals surface area contributed by atoms with Crippen LogP contribution in [0.3, 0.4) is 0 Å². The molecule has 0 spiro atoms. The van der Waals surface area contributed by atoms with Gasteiger partial charge in [0, 0.05) is 17.1 Å². The third-order valence-corrected chi connectivity index (χ3v) is 3.15. The zero-order chi connectivity index (χ0) is 16.3. The van der Waals surface area contributed by atoms with Crippen molar-refractivity contribution < 1.29 is 27.5 Å². The first kappa shape index (κ1) is 16.1. The summed E-state index contributed by atoms with van der Waals surface area (Å²) < 4.78 is 42.5. The molecule has 2 rings (SSSR count). The summed E-state index contributed by atoms with van der Waals surface area (Å²) in [6.07, 6.45) is -2.33. The van der Waals surface area contributed by atoms with Crippen molar-refractivity contribution >= 4 is 22.7 Å². The molecule has 0 atom stereocenters. The fourth-order valence-corrected chi connectivity index (χ4v) is 1.99. The number of ether oxygens (including phenoxy) is 1. The fraction of sp³-hybridized carbons (Fsp3) is 0.333. The highest BCUT2D eigenvalue weighted by Crippen LogP contribution is 2.27. The van der Waals surface area contributed by atoms with E-state index in [2.05, 4.69) is 4.98 Å². The van der Waals surface area contributed by atoms with Crippen molar-refractivity contribution in [2.45, 2.75) is 25.9 Å². The maximum Gasteiger partial charge on any atom is 0.454 e. The SMILES string of the molecule is CCCCOC(=O)c1ccc2c(C(=O)C(F)(F)F)c[nH]c2c1. The lowest BCUT2D eigenvalue weighted by Crippen LogP contribution is -2.22. The first-order chi connectivity index (χ1) is 10.3. The molecule has 0 unspecified atom stereocenters. The number of carbonyl (C=O) groups is 2. The van der Waals surface area contributed by atoms with E-state index in [9.17, 15) is 22.8 Å². The number of alkyl halides is 3. The number of hydrogen-bond donors (Lipinski definition) is 1. The highest BCUT2D eigenvalue weighted by atomic mass is 19.4. The van der Waals surface area contributed by atoms with Crippen LogP contribution in [0.5, 0.6) is 0 Å². The van der Waals surface area contributed by atoms with Crippen LogP contribution in [-0.4, -0.2) is 29.5 Å². The molecule has 0 saturated heterocycles. The van der Waals surface area contributed by atoms with Crippen LogP contribution in [0.2, 0.25) is 0 Å². The number of halogens is 3. The quantitative estimate of drug-likeness (QED) is 0.518. The lowest BCUT2D eigenvalue weighted by Gasteiger charge is -2.05. The Hall–Kier alpha value is -2.31. The molecule has 1 aromatic heterocycles. The van der Waals surface area contributed by atoms with Crippen molar-refractivity contribution in [2.24, 2.45) is 0 Å². The number of nitrogens with one attached hydrogen (secondary N) is 1. The van der Waals surface area contributed by atoms with E-state index in [-0.39, 0.29) is 23.1 Å². The molecule has 0 aliphatic heterocycles. The predicted octanol–water partition coefficient (Wildman–Crippen LogP) is 3.87. The van der Waals surface area contributed by atoms with E-state index >= 15 is 0 Å². The molecule has 0 fully saturated rings. The Balaban J connectivity index is 2.27. The molecule has 0 aliphatic carbocycles. The molecular formula is C15H14F3NO3. The van der Waals surface area contributed by atoms with Crippen molar-refractivity contribution in [3.8, 4) is 0 Å². The van der Waals surface area contributed by atoms with E-state index in [4.69, 9.17) is 4.74 Å². The van der Waals surface area contributed by atoms with Crippen LogP contribution in [0.1, 0.15) is 40.5 Å². The first-order valence-corrected chi connectivity index (χ1v) is 6.74. The molecule has 4 nitrogen and oxygen atoms in total. The van der Waals surface area contributed by atoms with E-state index in [1.165, 1.54) is 18.2 Å².